The summed E-state index contributed by atoms with van der Waals surface area (Å²) in [5.74, 6) is 2.63. The summed E-state index contributed by atoms with van der Waals surface area (Å²) in [5, 5.41) is 8.62. The van der Waals surface area contributed by atoms with Crippen molar-refractivity contribution in [2.45, 2.75) is 33.2 Å². The summed E-state index contributed by atoms with van der Waals surface area (Å²) in [7, 11) is 1.93. The van der Waals surface area contributed by atoms with Gasteiger partial charge < -0.3 is 5.32 Å². The largest absolute Gasteiger partial charge is 0.370 e. The minimum atomic E-state index is 0.826. The topological polar surface area (TPSA) is 58.9 Å². The van der Waals surface area contributed by atoms with Crippen LogP contribution in [-0.4, -0.2) is 44.3 Å². The van der Waals surface area contributed by atoms with Gasteiger partial charge >= 0.3 is 0 Å². The molecule has 3 heterocycles. The maximum Gasteiger partial charge on any atom is 0.163 e. The summed E-state index contributed by atoms with van der Waals surface area (Å²) >= 11 is 0. The standard InChI is InChI=1S/C15H24N6/c1-4-16-14-12-9-17-20(3)15(12)19-13(18-14)10-21-7-5-11(2)6-8-21/h9,11H,4-8,10H2,1-3H3,(H,16,18,19). The Kier molecular flexibility index (Phi) is 4.05. The van der Waals surface area contributed by atoms with E-state index in [0.29, 0.717) is 0 Å². The highest BCUT2D eigenvalue weighted by Crippen LogP contribution is 2.21. The predicted octanol–water partition coefficient (Wildman–Crippen LogP) is 2.03. The number of nitrogens with zero attached hydrogens (tertiary/aromatic N) is 5. The molecule has 114 valence electrons. The first-order chi connectivity index (χ1) is 10.2. The SMILES string of the molecule is CCNc1nc(CN2CCC(C)CC2)nc2c1cnn2C. The molecular weight excluding hydrogens is 264 g/mol. The number of piperidine rings is 1. The van der Waals surface area contributed by atoms with E-state index in [1.807, 2.05) is 17.9 Å². The monoisotopic (exact) mass is 288 g/mol. The zero-order valence-electron chi connectivity index (χ0n) is 13.1. The molecule has 0 atom stereocenters. The number of rotatable bonds is 4. The van der Waals surface area contributed by atoms with Crippen LogP contribution < -0.4 is 5.32 Å². The number of anilines is 1. The summed E-state index contributed by atoms with van der Waals surface area (Å²) in [6.07, 6.45) is 4.38. The molecule has 1 saturated heterocycles. The molecule has 0 aliphatic carbocycles. The van der Waals surface area contributed by atoms with Crippen molar-refractivity contribution in [2.75, 3.05) is 25.0 Å². The van der Waals surface area contributed by atoms with E-state index in [2.05, 4.69) is 29.2 Å². The van der Waals surface area contributed by atoms with Crippen molar-refractivity contribution in [3.8, 4) is 0 Å². The van der Waals surface area contributed by atoms with E-state index >= 15 is 0 Å². The Balaban J connectivity index is 1.86. The molecule has 1 N–H and O–H groups in total. The highest BCUT2D eigenvalue weighted by atomic mass is 15.3. The molecule has 0 bridgehead atoms. The average Bonchev–Trinajstić information content (AvgIpc) is 2.84. The predicted molar refractivity (Wildman–Crippen MR) is 84.1 cm³/mol. The number of hydrogen-bond donors (Lipinski definition) is 1. The van der Waals surface area contributed by atoms with Crippen LogP contribution in [0.4, 0.5) is 5.82 Å². The van der Waals surface area contributed by atoms with Crippen LogP contribution in [0.2, 0.25) is 0 Å². The molecule has 6 nitrogen and oxygen atoms in total. The molecule has 1 aliphatic heterocycles. The van der Waals surface area contributed by atoms with Crippen LogP contribution in [-0.2, 0) is 13.6 Å². The smallest absolute Gasteiger partial charge is 0.163 e. The molecule has 1 fully saturated rings. The Labute approximate surface area is 125 Å². The fourth-order valence-electron chi connectivity index (χ4n) is 2.86. The summed E-state index contributed by atoms with van der Waals surface area (Å²) in [6, 6.07) is 0. The van der Waals surface area contributed by atoms with Crippen molar-refractivity contribution >= 4 is 16.9 Å². The lowest BCUT2D eigenvalue weighted by Gasteiger charge is -2.29. The lowest BCUT2D eigenvalue weighted by atomic mass is 9.99. The second kappa shape index (κ2) is 5.97. The summed E-state index contributed by atoms with van der Waals surface area (Å²) in [5.41, 5.74) is 0.904. The van der Waals surface area contributed by atoms with Gasteiger partial charge in [0.05, 0.1) is 18.1 Å². The Morgan fingerprint density at radius 3 is 2.76 bits per heavy atom. The molecule has 6 heteroatoms. The van der Waals surface area contributed by atoms with Crippen LogP contribution in [0, 0.1) is 5.92 Å². The van der Waals surface area contributed by atoms with Gasteiger partial charge in [-0.05, 0) is 38.8 Å². The minimum absolute atomic E-state index is 0.826. The zero-order valence-corrected chi connectivity index (χ0v) is 13.1. The Bertz CT molecular complexity index is 612. The number of likely N-dealkylation sites (tertiary alicyclic amines) is 1. The van der Waals surface area contributed by atoms with E-state index in [0.717, 1.165) is 54.8 Å². The molecule has 3 rings (SSSR count). The third kappa shape index (κ3) is 3.00. The van der Waals surface area contributed by atoms with Gasteiger partial charge in [0.1, 0.15) is 11.6 Å². The summed E-state index contributed by atoms with van der Waals surface area (Å²) in [6.45, 7) is 8.37. The van der Waals surface area contributed by atoms with Crippen molar-refractivity contribution in [3.05, 3.63) is 12.0 Å². The Morgan fingerprint density at radius 1 is 1.29 bits per heavy atom. The number of aryl methyl sites for hydroxylation is 1. The Hall–Kier alpha value is -1.69. The van der Waals surface area contributed by atoms with Crippen LogP contribution in [0.25, 0.3) is 11.0 Å². The normalized spacial score (nSPS) is 17.5. The molecule has 2 aromatic rings. The summed E-state index contributed by atoms with van der Waals surface area (Å²) in [4.78, 5) is 11.8. The van der Waals surface area contributed by atoms with Crippen molar-refractivity contribution in [3.63, 3.8) is 0 Å². The van der Waals surface area contributed by atoms with E-state index in [1.54, 1.807) is 0 Å². The van der Waals surface area contributed by atoms with Crippen LogP contribution in [0.5, 0.6) is 0 Å². The molecule has 21 heavy (non-hydrogen) atoms. The van der Waals surface area contributed by atoms with E-state index in [-0.39, 0.29) is 0 Å². The van der Waals surface area contributed by atoms with Gasteiger partial charge in [0.25, 0.3) is 0 Å². The molecule has 0 unspecified atom stereocenters. The fraction of sp³-hybridized carbons (Fsp3) is 0.667. The van der Waals surface area contributed by atoms with Crippen molar-refractivity contribution in [1.29, 1.82) is 0 Å². The maximum atomic E-state index is 4.70. The van der Waals surface area contributed by atoms with Gasteiger partial charge in [0.15, 0.2) is 5.65 Å². The van der Waals surface area contributed by atoms with Crippen LogP contribution in [0.15, 0.2) is 6.20 Å². The first kappa shape index (κ1) is 14.3. The van der Waals surface area contributed by atoms with Crippen molar-refractivity contribution in [1.82, 2.24) is 24.6 Å². The highest BCUT2D eigenvalue weighted by Gasteiger charge is 2.18. The van der Waals surface area contributed by atoms with E-state index in [4.69, 9.17) is 9.97 Å². The number of hydrogen-bond acceptors (Lipinski definition) is 5. The molecule has 0 amide bonds. The van der Waals surface area contributed by atoms with Gasteiger partial charge in [-0.25, -0.2) is 9.97 Å². The van der Waals surface area contributed by atoms with Crippen LogP contribution >= 0.6 is 0 Å². The van der Waals surface area contributed by atoms with Gasteiger partial charge in [-0.2, -0.15) is 5.10 Å². The van der Waals surface area contributed by atoms with Crippen LogP contribution in [0.3, 0.4) is 0 Å². The molecule has 0 aromatic carbocycles. The van der Waals surface area contributed by atoms with Crippen LogP contribution in [0.1, 0.15) is 32.5 Å². The highest BCUT2D eigenvalue weighted by molar-refractivity contribution is 5.86. The number of aromatic nitrogens is 4. The second-order valence-corrected chi connectivity index (χ2v) is 5.98. The van der Waals surface area contributed by atoms with Gasteiger partial charge in [0.2, 0.25) is 0 Å². The lowest BCUT2D eigenvalue weighted by Crippen LogP contribution is -2.33. The number of nitrogens with one attached hydrogen (secondary N) is 1. The molecule has 0 radical (unpaired) electrons. The maximum absolute atomic E-state index is 4.70. The third-order valence-electron chi connectivity index (χ3n) is 4.22. The third-order valence-corrected chi connectivity index (χ3v) is 4.22. The number of fused-ring (bicyclic) bond motifs is 1. The van der Waals surface area contributed by atoms with E-state index in [1.165, 1.54) is 12.8 Å². The van der Waals surface area contributed by atoms with Gasteiger partial charge in [-0.3, -0.25) is 9.58 Å². The first-order valence-corrected chi connectivity index (χ1v) is 7.82. The first-order valence-electron chi connectivity index (χ1n) is 7.82. The zero-order chi connectivity index (χ0) is 14.8. The van der Waals surface area contributed by atoms with E-state index in [9.17, 15) is 0 Å². The van der Waals surface area contributed by atoms with Gasteiger partial charge in [-0.1, -0.05) is 6.92 Å². The summed E-state index contributed by atoms with van der Waals surface area (Å²) < 4.78 is 1.82. The molecule has 0 saturated carbocycles. The van der Waals surface area contributed by atoms with Gasteiger partial charge in [0, 0.05) is 13.6 Å². The second-order valence-electron chi connectivity index (χ2n) is 5.98. The minimum Gasteiger partial charge on any atom is -0.370 e. The molecular formula is C15H24N6. The van der Waals surface area contributed by atoms with Gasteiger partial charge in [-0.15, -0.1) is 0 Å². The fourth-order valence-corrected chi connectivity index (χ4v) is 2.86. The lowest BCUT2D eigenvalue weighted by molar-refractivity contribution is 0.181. The Morgan fingerprint density at radius 2 is 2.05 bits per heavy atom. The van der Waals surface area contributed by atoms with Crippen molar-refractivity contribution < 1.29 is 0 Å². The molecule has 0 spiro atoms. The van der Waals surface area contributed by atoms with Crippen molar-refractivity contribution in [2.24, 2.45) is 13.0 Å². The molecule has 2 aromatic heterocycles. The quantitative estimate of drug-likeness (QED) is 0.933. The average molecular weight is 288 g/mol. The van der Waals surface area contributed by atoms with E-state index < -0.39 is 0 Å². The molecule has 1 aliphatic rings.